The van der Waals surface area contributed by atoms with E-state index < -0.39 is 5.60 Å². The number of nitrogens with one attached hydrogen (secondary N) is 1. The molecular weight excluding hydrogens is 388 g/mol. The van der Waals surface area contributed by atoms with Crippen molar-refractivity contribution in [3.63, 3.8) is 0 Å². The van der Waals surface area contributed by atoms with Crippen molar-refractivity contribution >= 4 is 34.3 Å². The van der Waals surface area contributed by atoms with Gasteiger partial charge >= 0.3 is 0 Å². The highest BCUT2D eigenvalue weighted by molar-refractivity contribution is 6.30. The lowest BCUT2D eigenvalue weighted by atomic mass is 10.1. The van der Waals surface area contributed by atoms with Gasteiger partial charge in [-0.25, -0.2) is 4.98 Å². The number of anilines is 1. The summed E-state index contributed by atoms with van der Waals surface area (Å²) in [5, 5.41) is 3.51. The molecule has 0 bridgehead atoms. The van der Waals surface area contributed by atoms with E-state index >= 15 is 0 Å². The third-order valence-corrected chi connectivity index (χ3v) is 4.65. The smallest absolute Gasteiger partial charge is 0.267 e. The molecule has 4 rings (SSSR count). The number of benzene rings is 3. The van der Waals surface area contributed by atoms with Crippen molar-refractivity contribution < 1.29 is 13.9 Å². The molecule has 0 aliphatic carbocycles. The predicted octanol–water partition coefficient (Wildman–Crippen LogP) is 5.94. The number of para-hydroxylation sites is 2. The summed E-state index contributed by atoms with van der Waals surface area (Å²) in [5.74, 6) is 0.788. The van der Waals surface area contributed by atoms with Gasteiger partial charge in [-0.2, -0.15) is 0 Å². The number of halogens is 1. The predicted molar refractivity (Wildman–Crippen MR) is 114 cm³/mol. The topological polar surface area (TPSA) is 64.4 Å². The first kappa shape index (κ1) is 19.0. The van der Waals surface area contributed by atoms with E-state index in [2.05, 4.69) is 10.3 Å². The van der Waals surface area contributed by atoms with Gasteiger partial charge < -0.3 is 14.5 Å². The van der Waals surface area contributed by atoms with Gasteiger partial charge in [0.25, 0.3) is 5.91 Å². The highest BCUT2D eigenvalue weighted by Gasteiger charge is 2.30. The van der Waals surface area contributed by atoms with Crippen LogP contribution in [0.2, 0.25) is 5.02 Å². The van der Waals surface area contributed by atoms with Crippen LogP contribution in [0.4, 0.5) is 5.69 Å². The maximum atomic E-state index is 12.8. The zero-order valence-corrected chi connectivity index (χ0v) is 16.7. The standard InChI is InChI=1S/C23H19ClN2O3/c1-23(2,29-18-12-10-16(24)11-13-18)22(27)25-17-7-5-6-15(14-17)21-26-19-8-3-4-9-20(19)28-21/h3-14H,1-2H3,(H,25,27). The zero-order chi connectivity index (χ0) is 20.4. The molecule has 6 heteroatoms. The van der Waals surface area contributed by atoms with Crippen LogP contribution in [0.15, 0.2) is 77.2 Å². The molecule has 1 aromatic heterocycles. The van der Waals surface area contributed by atoms with Crippen molar-refractivity contribution in [2.45, 2.75) is 19.4 Å². The Morgan fingerprint density at radius 3 is 2.55 bits per heavy atom. The fourth-order valence-electron chi connectivity index (χ4n) is 2.85. The van der Waals surface area contributed by atoms with E-state index in [0.29, 0.717) is 22.4 Å². The van der Waals surface area contributed by atoms with Crippen LogP contribution in [-0.2, 0) is 4.79 Å². The third kappa shape index (κ3) is 4.25. The summed E-state index contributed by atoms with van der Waals surface area (Å²) in [6.45, 7) is 3.42. The lowest BCUT2D eigenvalue weighted by Gasteiger charge is -2.25. The van der Waals surface area contributed by atoms with Crippen LogP contribution in [0.3, 0.4) is 0 Å². The average Bonchev–Trinajstić information content (AvgIpc) is 3.14. The Bertz CT molecular complexity index is 1130. The Kier molecular flexibility index (Phi) is 4.99. The summed E-state index contributed by atoms with van der Waals surface area (Å²) < 4.78 is 11.7. The fraction of sp³-hybridized carbons (Fsp3) is 0.130. The van der Waals surface area contributed by atoms with Crippen LogP contribution < -0.4 is 10.1 Å². The minimum atomic E-state index is -1.08. The summed E-state index contributed by atoms with van der Waals surface area (Å²) in [7, 11) is 0. The van der Waals surface area contributed by atoms with Gasteiger partial charge in [0.15, 0.2) is 11.2 Å². The van der Waals surface area contributed by atoms with E-state index in [1.165, 1.54) is 0 Å². The molecule has 146 valence electrons. The molecule has 0 aliphatic heterocycles. The van der Waals surface area contributed by atoms with Crippen LogP contribution in [0.1, 0.15) is 13.8 Å². The Labute approximate surface area is 173 Å². The second-order valence-electron chi connectivity index (χ2n) is 7.09. The first-order chi connectivity index (χ1) is 13.9. The molecule has 29 heavy (non-hydrogen) atoms. The van der Waals surface area contributed by atoms with Gasteiger partial charge in [-0.3, -0.25) is 4.79 Å². The van der Waals surface area contributed by atoms with Gasteiger partial charge in [-0.05, 0) is 68.4 Å². The number of ether oxygens (including phenoxy) is 1. The van der Waals surface area contributed by atoms with Crippen molar-refractivity contribution in [2.24, 2.45) is 0 Å². The molecule has 0 saturated carbocycles. The highest BCUT2D eigenvalue weighted by atomic mass is 35.5. The quantitative estimate of drug-likeness (QED) is 0.445. The fourth-order valence-corrected chi connectivity index (χ4v) is 2.98. The Morgan fingerprint density at radius 2 is 1.79 bits per heavy atom. The maximum absolute atomic E-state index is 12.8. The number of hydrogen-bond donors (Lipinski definition) is 1. The molecule has 1 heterocycles. The van der Waals surface area contributed by atoms with Gasteiger partial charge in [0.2, 0.25) is 5.89 Å². The molecule has 0 unspecified atom stereocenters. The molecule has 4 aromatic rings. The van der Waals surface area contributed by atoms with E-state index in [-0.39, 0.29) is 5.91 Å². The van der Waals surface area contributed by atoms with E-state index in [1.54, 1.807) is 38.1 Å². The molecule has 0 radical (unpaired) electrons. The van der Waals surface area contributed by atoms with Gasteiger partial charge in [-0.15, -0.1) is 0 Å². The van der Waals surface area contributed by atoms with E-state index in [9.17, 15) is 4.79 Å². The Balaban J connectivity index is 1.52. The van der Waals surface area contributed by atoms with Crippen molar-refractivity contribution in [2.75, 3.05) is 5.32 Å². The van der Waals surface area contributed by atoms with E-state index in [1.807, 2.05) is 48.5 Å². The molecule has 3 aromatic carbocycles. The molecule has 1 N–H and O–H groups in total. The van der Waals surface area contributed by atoms with Crippen molar-refractivity contribution in [3.05, 3.63) is 77.8 Å². The van der Waals surface area contributed by atoms with Crippen molar-refractivity contribution in [1.29, 1.82) is 0 Å². The maximum Gasteiger partial charge on any atom is 0.267 e. The summed E-state index contributed by atoms with van der Waals surface area (Å²) in [4.78, 5) is 17.3. The summed E-state index contributed by atoms with van der Waals surface area (Å²) in [6, 6.07) is 21.8. The summed E-state index contributed by atoms with van der Waals surface area (Å²) >= 11 is 5.90. The Morgan fingerprint density at radius 1 is 1.03 bits per heavy atom. The number of carbonyl (C=O) groups excluding carboxylic acids is 1. The molecule has 0 spiro atoms. The second kappa shape index (κ2) is 7.60. The number of hydrogen-bond acceptors (Lipinski definition) is 4. The number of rotatable bonds is 5. The second-order valence-corrected chi connectivity index (χ2v) is 7.52. The lowest BCUT2D eigenvalue weighted by molar-refractivity contribution is -0.128. The number of carbonyl (C=O) groups is 1. The molecule has 5 nitrogen and oxygen atoms in total. The lowest BCUT2D eigenvalue weighted by Crippen LogP contribution is -2.42. The molecular formula is C23H19ClN2O3. The van der Waals surface area contributed by atoms with Crippen LogP contribution in [0, 0.1) is 0 Å². The van der Waals surface area contributed by atoms with Gasteiger partial charge in [0, 0.05) is 16.3 Å². The average molecular weight is 407 g/mol. The van der Waals surface area contributed by atoms with Crippen molar-refractivity contribution in [1.82, 2.24) is 4.98 Å². The normalized spacial score (nSPS) is 11.4. The SMILES string of the molecule is CC(C)(Oc1ccc(Cl)cc1)C(=O)Nc1cccc(-c2nc3ccccc3o2)c1. The minimum absolute atomic E-state index is 0.276. The highest BCUT2D eigenvalue weighted by Crippen LogP contribution is 2.27. The third-order valence-electron chi connectivity index (χ3n) is 4.39. The first-order valence-electron chi connectivity index (χ1n) is 9.13. The summed E-state index contributed by atoms with van der Waals surface area (Å²) in [5.41, 5.74) is 1.82. The molecule has 0 fully saturated rings. The van der Waals surface area contributed by atoms with Crippen molar-refractivity contribution in [3.8, 4) is 17.2 Å². The first-order valence-corrected chi connectivity index (χ1v) is 9.50. The number of oxazole rings is 1. The van der Waals surface area contributed by atoms with Gasteiger partial charge in [0.05, 0.1) is 0 Å². The molecule has 0 aliphatic rings. The Hall–Kier alpha value is -3.31. The number of aromatic nitrogens is 1. The van der Waals surface area contributed by atoms with Crippen LogP contribution in [-0.4, -0.2) is 16.5 Å². The van der Waals surface area contributed by atoms with Crippen LogP contribution >= 0.6 is 11.6 Å². The summed E-state index contributed by atoms with van der Waals surface area (Å²) in [6.07, 6.45) is 0. The molecule has 0 saturated heterocycles. The number of nitrogens with zero attached hydrogens (tertiary/aromatic N) is 1. The monoisotopic (exact) mass is 406 g/mol. The number of fused-ring (bicyclic) bond motifs is 1. The van der Waals surface area contributed by atoms with E-state index in [4.69, 9.17) is 20.8 Å². The zero-order valence-electron chi connectivity index (χ0n) is 16.0. The van der Waals surface area contributed by atoms with Crippen LogP contribution in [0.25, 0.3) is 22.6 Å². The molecule has 0 atom stereocenters. The number of amides is 1. The van der Waals surface area contributed by atoms with Gasteiger partial charge in [0.1, 0.15) is 11.3 Å². The largest absolute Gasteiger partial charge is 0.478 e. The molecule has 1 amide bonds. The van der Waals surface area contributed by atoms with E-state index in [0.717, 1.165) is 16.7 Å². The minimum Gasteiger partial charge on any atom is -0.478 e. The van der Waals surface area contributed by atoms with Gasteiger partial charge in [-0.1, -0.05) is 29.8 Å². The van der Waals surface area contributed by atoms with Crippen LogP contribution in [0.5, 0.6) is 5.75 Å².